The molecule has 0 rings (SSSR count). The van der Waals surface area contributed by atoms with Crippen LogP contribution in [0.5, 0.6) is 0 Å². The highest BCUT2D eigenvalue weighted by Crippen LogP contribution is 2.17. The van der Waals surface area contributed by atoms with Gasteiger partial charge < -0.3 is 19.7 Å². The minimum absolute atomic E-state index is 0.00406. The van der Waals surface area contributed by atoms with Crippen molar-refractivity contribution in [2.75, 3.05) is 19.8 Å². The van der Waals surface area contributed by atoms with Gasteiger partial charge in [0.25, 0.3) is 0 Å². The van der Waals surface area contributed by atoms with E-state index in [0.717, 1.165) is 0 Å². The maximum Gasteiger partial charge on any atom is 0.155 e. The third-order valence-electron chi connectivity index (χ3n) is 1.83. The van der Waals surface area contributed by atoms with Gasteiger partial charge in [-0.05, 0) is 20.8 Å². The molecule has 0 radical (unpaired) electrons. The van der Waals surface area contributed by atoms with Gasteiger partial charge in [0.2, 0.25) is 0 Å². The monoisotopic (exact) mass is 192 g/mol. The molecular formula is C9H20O4. The fourth-order valence-electron chi connectivity index (χ4n) is 1.08. The first-order valence-corrected chi connectivity index (χ1v) is 4.59. The number of hydrogen-bond donors (Lipinski definition) is 2. The Morgan fingerprint density at radius 1 is 1.38 bits per heavy atom. The van der Waals surface area contributed by atoms with E-state index in [1.807, 2.05) is 6.92 Å². The molecule has 4 nitrogen and oxygen atoms in total. The Kier molecular flexibility index (Phi) is 6.24. The van der Waals surface area contributed by atoms with Crippen LogP contribution in [0.1, 0.15) is 27.2 Å². The second-order valence-corrected chi connectivity index (χ2v) is 3.22. The van der Waals surface area contributed by atoms with Crippen molar-refractivity contribution in [1.29, 1.82) is 0 Å². The van der Waals surface area contributed by atoms with Crippen molar-refractivity contribution in [3.05, 3.63) is 0 Å². The Labute approximate surface area is 79.5 Å². The van der Waals surface area contributed by atoms with Gasteiger partial charge in [0, 0.05) is 19.6 Å². The fourth-order valence-corrected chi connectivity index (χ4v) is 1.08. The van der Waals surface area contributed by atoms with Gasteiger partial charge in [0.15, 0.2) is 6.29 Å². The largest absolute Gasteiger partial charge is 0.396 e. The van der Waals surface area contributed by atoms with E-state index < -0.39 is 5.60 Å². The minimum atomic E-state index is -0.705. The van der Waals surface area contributed by atoms with E-state index in [1.165, 1.54) is 0 Å². The normalized spacial score (nSPS) is 18.2. The Hall–Kier alpha value is -0.160. The summed E-state index contributed by atoms with van der Waals surface area (Å²) >= 11 is 0. The first-order chi connectivity index (χ1) is 6.08. The number of hydrogen-bond acceptors (Lipinski definition) is 4. The average Bonchev–Trinajstić information content (AvgIpc) is 2.05. The lowest BCUT2D eigenvalue weighted by molar-refractivity contribution is -0.209. The third-order valence-corrected chi connectivity index (χ3v) is 1.83. The van der Waals surface area contributed by atoms with Crippen LogP contribution < -0.4 is 0 Å². The highest BCUT2D eigenvalue weighted by atomic mass is 16.7. The van der Waals surface area contributed by atoms with Crippen molar-refractivity contribution in [2.45, 2.75) is 39.1 Å². The maximum absolute atomic E-state index is 9.04. The number of rotatable bonds is 7. The van der Waals surface area contributed by atoms with Crippen molar-refractivity contribution >= 4 is 0 Å². The Balaban J connectivity index is 3.93. The van der Waals surface area contributed by atoms with Gasteiger partial charge in [-0.2, -0.15) is 0 Å². The predicted molar refractivity (Wildman–Crippen MR) is 49.4 cm³/mol. The van der Waals surface area contributed by atoms with Crippen LogP contribution in [0.15, 0.2) is 0 Å². The quantitative estimate of drug-likeness (QED) is 0.577. The number of ether oxygens (including phenoxy) is 2. The van der Waals surface area contributed by atoms with Crippen molar-refractivity contribution in [2.24, 2.45) is 0 Å². The highest BCUT2D eigenvalue weighted by molar-refractivity contribution is 4.73. The van der Waals surface area contributed by atoms with Crippen molar-refractivity contribution in [3.63, 3.8) is 0 Å². The highest BCUT2D eigenvalue weighted by Gasteiger charge is 2.26. The first-order valence-electron chi connectivity index (χ1n) is 4.59. The van der Waals surface area contributed by atoms with Crippen LogP contribution in [0.4, 0.5) is 0 Å². The van der Waals surface area contributed by atoms with Crippen LogP contribution in [0.3, 0.4) is 0 Å². The van der Waals surface area contributed by atoms with Crippen LogP contribution in [0, 0.1) is 0 Å². The molecule has 80 valence electrons. The summed E-state index contributed by atoms with van der Waals surface area (Å²) < 4.78 is 10.6. The lowest BCUT2D eigenvalue weighted by Crippen LogP contribution is -2.38. The predicted octanol–water partition coefficient (Wildman–Crippen LogP) is 0.519. The van der Waals surface area contributed by atoms with Gasteiger partial charge in [-0.15, -0.1) is 0 Å². The van der Waals surface area contributed by atoms with E-state index in [9.17, 15) is 0 Å². The van der Waals surface area contributed by atoms with Gasteiger partial charge in [-0.1, -0.05) is 0 Å². The topological polar surface area (TPSA) is 58.9 Å². The van der Waals surface area contributed by atoms with Crippen LogP contribution >= 0.6 is 0 Å². The third kappa shape index (κ3) is 5.21. The van der Waals surface area contributed by atoms with Gasteiger partial charge in [-0.3, -0.25) is 0 Å². The SMILES string of the molecule is CCOC(C)O[C@](C)(CO)CCO. The fraction of sp³-hybridized carbons (Fsp3) is 1.00. The van der Waals surface area contributed by atoms with Crippen molar-refractivity contribution < 1.29 is 19.7 Å². The van der Waals surface area contributed by atoms with E-state index in [-0.39, 0.29) is 19.5 Å². The van der Waals surface area contributed by atoms with Gasteiger partial charge in [-0.25, -0.2) is 0 Å². The summed E-state index contributed by atoms with van der Waals surface area (Å²) in [6, 6.07) is 0. The summed E-state index contributed by atoms with van der Waals surface area (Å²) in [4.78, 5) is 0. The summed E-state index contributed by atoms with van der Waals surface area (Å²) in [5.41, 5.74) is -0.705. The smallest absolute Gasteiger partial charge is 0.155 e. The summed E-state index contributed by atoms with van der Waals surface area (Å²) in [6.45, 7) is 5.85. The van der Waals surface area contributed by atoms with E-state index in [0.29, 0.717) is 13.0 Å². The molecule has 0 spiro atoms. The molecule has 0 aliphatic rings. The molecule has 4 heteroatoms. The Morgan fingerprint density at radius 3 is 2.38 bits per heavy atom. The zero-order chi connectivity index (χ0) is 10.3. The van der Waals surface area contributed by atoms with E-state index in [4.69, 9.17) is 19.7 Å². The molecule has 2 N–H and O–H groups in total. The molecule has 0 heterocycles. The number of aliphatic hydroxyl groups excluding tert-OH is 2. The second-order valence-electron chi connectivity index (χ2n) is 3.22. The zero-order valence-corrected chi connectivity index (χ0v) is 8.62. The van der Waals surface area contributed by atoms with Crippen molar-refractivity contribution in [3.8, 4) is 0 Å². The molecule has 13 heavy (non-hydrogen) atoms. The van der Waals surface area contributed by atoms with Gasteiger partial charge in [0.1, 0.15) is 0 Å². The van der Waals surface area contributed by atoms with Crippen LogP contribution in [0.25, 0.3) is 0 Å². The standard InChI is InChI=1S/C9H20O4/c1-4-12-8(2)13-9(3,7-11)5-6-10/h8,10-11H,4-7H2,1-3H3/t8?,9-/m0/s1. The molecule has 0 aromatic carbocycles. The molecule has 0 aromatic rings. The maximum atomic E-state index is 9.04. The van der Waals surface area contributed by atoms with Crippen LogP contribution in [0.2, 0.25) is 0 Å². The van der Waals surface area contributed by atoms with Gasteiger partial charge in [0.05, 0.1) is 12.2 Å². The molecule has 0 amide bonds. The van der Waals surface area contributed by atoms with Crippen molar-refractivity contribution in [1.82, 2.24) is 0 Å². The minimum Gasteiger partial charge on any atom is -0.396 e. The Bertz CT molecular complexity index is 129. The molecule has 2 atom stereocenters. The molecule has 0 bridgehead atoms. The number of aliphatic hydroxyl groups is 2. The molecule has 0 fully saturated rings. The summed E-state index contributed by atoms with van der Waals surface area (Å²) in [5, 5.41) is 17.8. The van der Waals surface area contributed by atoms with Gasteiger partial charge >= 0.3 is 0 Å². The van der Waals surface area contributed by atoms with Crippen LogP contribution in [-0.2, 0) is 9.47 Å². The first kappa shape index (κ1) is 12.8. The van der Waals surface area contributed by atoms with E-state index in [1.54, 1.807) is 13.8 Å². The van der Waals surface area contributed by atoms with Crippen LogP contribution in [-0.4, -0.2) is 41.9 Å². The summed E-state index contributed by atoms with van der Waals surface area (Å²) in [5.74, 6) is 0. The molecule has 0 saturated carbocycles. The zero-order valence-electron chi connectivity index (χ0n) is 8.62. The summed E-state index contributed by atoms with van der Waals surface area (Å²) in [7, 11) is 0. The second kappa shape index (κ2) is 6.32. The molecule has 0 saturated heterocycles. The Morgan fingerprint density at radius 2 is 2.00 bits per heavy atom. The molecule has 0 aliphatic heterocycles. The molecule has 0 aliphatic carbocycles. The molecular weight excluding hydrogens is 172 g/mol. The summed E-state index contributed by atoms with van der Waals surface area (Å²) in [6.07, 6.45) is 0.0506. The average molecular weight is 192 g/mol. The lowest BCUT2D eigenvalue weighted by atomic mass is 10.0. The molecule has 0 aromatic heterocycles. The molecule has 1 unspecified atom stereocenters. The van der Waals surface area contributed by atoms with E-state index >= 15 is 0 Å². The van der Waals surface area contributed by atoms with E-state index in [2.05, 4.69) is 0 Å². The lowest BCUT2D eigenvalue weighted by Gasteiger charge is -2.30.